The van der Waals surface area contributed by atoms with E-state index in [2.05, 4.69) is 11.9 Å². The van der Waals surface area contributed by atoms with Crippen LogP contribution < -0.4 is 10.4 Å². The van der Waals surface area contributed by atoms with Gasteiger partial charge in [0.25, 0.3) is 0 Å². The van der Waals surface area contributed by atoms with Gasteiger partial charge in [-0.05, 0) is 39.2 Å². The first-order chi connectivity index (χ1) is 7.16. The Kier molecular flexibility index (Phi) is 2.99. The molecule has 16 heavy (non-hydrogen) atoms. The lowest BCUT2D eigenvalue weighted by molar-refractivity contribution is -0.299. The molecular formula is C11H16NO4-. The molecule has 1 amide bonds. The number of carbonyl (C=O) groups is 2. The number of carboxylic acids is 1. The van der Waals surface area contributed by atoms with Crippen molar-refractivity contribution in [3.8, 4) is 0 Å². The molecule has 0 aromatic heterocycles. The van der Waals surface area contributed by atoms with Crippen molar-refractivity contribution in [3.05, 3.63) is 12.2 Å². The SMILES string of the molecule is C=C(C(=O)[O-])C1(NC(=O)OC(C)(C)C)CC1. The third-order valence-corrected chi connectivity index (χ3v) is 2.31. The normalized spacial score (nSPS) is 17.4. The van der Waals surface area contributed by atoms with Gasteiger partial charge in [0, 0.05) is 0 Å². The molecule has 0 aliphatic heterocycles. The lowest BCUT2D eigenvalue weighted by atomic mass is 10.1. The maximum Gasteiger partial charge on any atom is 0.408 e. The van der Waals surface area contributed by atoms with Crippen LogP contribution in [0, 0.1) is 0 Å². The molecule has 1 aliphatic carbocycles. The number of alkyl carbamates (subject to hydrolysis) is 1. The van der Waals surface area contributed by atoms with Gasteiger partial charge in [-0.3, -0.25) is 0 Å². The van der Waals surface area contributed by atoms with Crippen LogP contribution in [0.1, 0.15) is 33.6 Å². The Morgan fingerprint density at radius 1 is 1.38 bits per heavy atom. The van der Waals surface area contributed by atoms with E-state index in [0.717, 1.165) is 0 Å². The highest BCUT2D eigenvalue weighted by atomic mass is 16.6. The van der Waals surface area contributed by atoms with Gasteiger partial charge in [0.15, 0.2) is 0 Å². The number of amides is 1. The first-order valence-electron chi connectivity index (χ1n) is 5.08. The molecule has 1 rings (SSSR count). The van der Waals surface area contributed by atoms with Crippen molar-refractivity contribution < 1.29 is 19.4 Å². The minimum atomic E-state index is -1.34. The molecule has 1 fully saturated rings. The minimum absolute atomic E-state index is 0.0987. The minimum Gasteiger partial charge on any atom is -0.545 e. The molecule has 0 atom stereocenters. The van der Waals surface area contributed by atoms with Gasteiger partial charge in [-0.2, -0.15) is 0 Å². The number of aliphatic carboxylic acids is 1. The van der Waals surface area contributed by atoms with E-state index in [1.54, 1.807) is 20.8 Å². The second-order valence-corrected chi connectivity index (χ2v) is 4.98. The predicted molar refractivity (Wildman–Crippen MR) is 55.5 cm³/mol. The van der Waals surface area contributed by atoms with E-state index in [0.29, 0.717) is 12.8 Å². The third-order valence-electron chi connectivity index (χ3n) is 2.31. The van der Waals surface area contributed by atoms with Crippen molar-refractivity contribution in [1.29, 1.82) is 0 Å². The fourth-order valence-corrected chi connectivity index (χ4v) is 1.32. The van der Waals surface area contributed by atoms with Crippen LogP contribution in [-0.2, 0) is 9.53 Å². The third kappa shape index (κ3) is 2.98. The topological polar surface area (TPSA) is 78.5 Å². The number of carbonyl (C=O) groups excluding carboxylic acids is 2. The van der Waals surface area contributed by atoms with Gasteiger partial charge in [0.05, 0.1) is 11.5 Å². The fraction of sp³-hybridized carbons (Fsp3) is 0.636. The van der Waals surface area contributed by atoms with Crippen LogP contribution in [0.2, 0.25) is 0 Å². The van der Waals surface area contributed by atoms with Crippen molar-refractivity contribution in [3.63, 3.8) is 0 Å². The maximum absolute atomic E-state index is 11.5. The summed E-state index contributed by atoms with van der Waals surface area (Å²) in [5, 5.41) is 13.2. The molecule has 90 valence electrons. The molecule has 1 saturated carbocycles. The maximum atomic E-state index is 11.5. The Labute approximate surface area is 94.5 Å². The molecule has 5 nitrogen and oxygen atoms in total. The van der Waals surface area contributed by atoms with Crippen molar-refractivity contribution in [2.45, 2.75) is 44.8 Å². The Balaban J connectivity index is 2.58. The van der Waals surface area contributed by atoms with Gasteiger partial charge in [-0.25, -0.2) is 4.79 Å². The zero-order chi connectivity index (χ0) is 12.6. The molecule has 0 radical (unpaired) electrons. The van der Waals surface area contributed by atoms with E-state index in [9.17, 15) is 14.7 Å². The lowest BCUT2D eigenvalue weighted by Gasteiger charge is -2.24. The van der Waals surface area contributed by atoms with Crippen LogP contribution in [0.5, 0.6) is 0 Å². The van der Waals surface area contributed by atoms with Crippen LogP contribution in [0.15, 0.2) is 12.2 Å². The molecule has 1 N–H and O–H groups in total. The Morgan fingerprint density at radius 3 is 2.19 bits per heavy atom. The molecule has 0 aromatic rings. The first kappa shape index (κ1) is 12.5. The highest BCUT2D eigenvalue weighted by molar-refractivity contribution is 5.89. The Hall–Kier alpha value is -1.52. The van der Waals surface area contributed by atoms with Gasteiger partial charge in [0.2, 0.25) is 0 Å². The lowest BCUT2D eigenvalue weighted by Crippen LogP contribution is -2.45. The van der Waals surface area contributed by atoms with Crippen LogP contribution in [0.25, 0.3) is 0 Å². The van der Waals surface area contributed by atoms with Crippen LogP contribution in [-0.4, -0.2) is 23.2 Å². The molecule has 0 unspecified atom stereocenters. The summed E-state index contributed by atoms with van der Waals surface area (Å²) in [7, 11) is 0. The quantitative estimate of drug-likeness (QED) is 0.704. The van der Waals surface area contributed by atoms with Crippen molar-refractivity contribution in [2.75, 3.05) is 0 Å². The summed E-state index contributed by atoms with van der Waals surface area (Å²) in [5.41, 5.74) is -1.57. The van der Waals surface area contributed by atoms with E-state index in [1.165, 1.54) is 0 Å². The summed E-state index contributed by atoms with van der Waals surface area (Å²) in [6.45, 7) is 8.61. The highest BCUT2D eigenvalue weighted by Gasteiger charge is 2.47. The van der Waals surface area contributed by atoms with E-state index in [4.69, 9.17) is 4.74 Å². The number of carboxylic acid groups (broad SMARTS) is 1. The monoisotopic (exact) mass is 226 g/mol. The summed E-state index contributed by atoms with van der Waals surface area (Å²) >= 11 is 0. The molecule has 0 bridgehead atoms. The van der Waals surface area contributed by atoms with Gasteiger partial charge >= 0.3 is 6.09 Å². The summed E-state index contributed by atoms with van der Waals surface area (Å²) in [4.78, 5) is 22.1. The van der Waals surface area contributed by atoms with Gasteiger partial charge in [-0.15, -0.1) is 0 Å². The smallest absolute Gasteiger partial charge is 0.408 e. The zero-order valence-corrected chi connectivity index (χ0v) is 9.75. The molecule has 0 aromatic carbocycles. The second-order valence-electron chi connectivity index (χ2n) is 4.98. The average Bonchev–Trinajstić information content (AvgIpc) is 2.80. The largest absolute Gasteiger partial charge is 0.545 e. The number of ether oxygens (including phenoxy) is 1. The van der Waals surface area contributed by atoms with Crippen LogP contribution in [0.4, 0.5) is 4.79 Å². The second kappa shape index (κ2) is 3.81. The number of hydrogen-bond acceptors (Lipinski definition) is 4. The van der Waals surface area contributed by atoms with Crippen molar-refractivity contribution >= 4 is 12.1 Å². The summed E-state index contributed by atoms with van der Waals surface area (Å²) < 4.78 is 5.04. The summed E-state index contributed by atoms with van der Waals surface area (Å²) in [5.74, 6) is -1.34. The van der Waals surface area contributed by atoms with Gasteiger partial charge < -0.3 is 20.0 Å². The van der Waals surface area contributed by atoms with E-state index in [-0.39, 0.29) is 5.57 Å². The first-order valence-corrected chi connectivity index (χ1v) is 5.08. The zero-order valence-electron chi connectivity index (χ0n) is 9.75. The Morgan fingerprint density at radius 2 is 1.88 bits per heavy atom. The van der Waals surface area contributed by atoms with E-state index in [1.807, 2.05) is 0 Å². The van der Waals surface area contributed by atoms with Crippen molar-refractivity contribution in [2.24, 2.45) is 0 Å². The van der Waals surface area contributed by atoms with Gasteiger partial charge in [-0.1, -0.05) is 6.58 Å². The van der Waals surface area contributed by atoms with Gasteiger partial charge in [0.1, 0.15) is 5.60 Å². The molecular weight excluding hydrogens is 210 g/mol. The van der Waals surface area contributed by atoms with E-state index >= 15 is 0 Å². The van der Waals surface area contributed by atoms with Crippen LogP contribution in [0.3, 0.4) is 0 Å². The number of rotatable bonds is 3. The molecule has 0 spiro atoms. The fourth-order valence-electron chi connectivity index (χ4n) is 1.32. The number of nitrogens with one attached hydrogen (secondary N) is 1. The van der Waals surface area contributed by atoms with E-state index < -0.39 is 23.2 Å². The van der Waals surface area contributed by atoms with Crippen molar-refractivity contribution in [1.82, 2.24) is 5.32 Å². The molecule has 1 aliphatic rings. The molecule has 0 heterocycles. The van der Waals surface area contributed by atoms with Crippen LogP contribution >= 0.6 is 0 Å². The predicted octanol–water partition coefficient (Wildman–Crippen LogP) is 0.350. The number of hydrogen-bond donors (Lipinski definition) is 1. The molecule has 0 saturated heterocycles. The summed E-state index contributed by atoms with van der Waals surface area (Å²) in [6.07, 6.45) is 0.477. The average molecular weight is 226 g/mol. The molecule has 5 heteroatoms. The summed E-state index contributed by atoms with van der Waals surface area (Å²) in [6, 6.07) is 0. The Bertz CT molecular complexity index is 336. The standard InChI is InChI=1S/C11H17NO4/c1-7(8(13)14)11(5-6-11)12-9(15)16-10(2,3)4/h1,5-6H2,2-4H3,(H,12,15)(H,13,14)/p-1. The highest BCUT2D eigenvalue weighted by Crippen LogP contribution is 2.41.